The molecule has 0 rings (SSSR count). The first-order valence-corrected chi connectivity index (χ1v) is 10.0. The molecule has 0 aliphatic rings. The molecule has 0 N–H and O–H groups in total. The molecule has 0 spiro atoms. The van der Waals surface area contributed by atoms with E-state index >= 15 is 0 Å². The van der Waals surface area contributed by atoms with Gasteiger partial charge in [-0.25, -0.2) is 0 Å². The molecule has 108 valence electrons. The Morgan fingerprint density at radius 3 is 2.47 bits per heavy atom. The zero-order valence-electron chi connectivity index (χ0n) is 12.7. The van der Waals surface area contributed by atoms with E-state index in [1.165, 1.54) is 4.90 Å². The summed E-state index contributed by atoms with van der Waals surface area (Å²) in [7, 11) is 2.24. The van der Waals surface area contributed by atoms with Crippen LogP contribution in [0.1, 0.15) is 6.42 Å². The number of nitrogens with zero attached hydrogens (tertiary/aromatic N) is 1. The van der Waals surface area contributed by atoms with Crippen molar-refractivity contribution in [1.82, 2.24) is 4.90 Å². The molecule has 5 heteroatoms. The SMILES string of the molecule is C#CC/C=C(/OCOCC[Si](C)(C)C)C(=O)N(C)C. The molecular weight excluding hydrogens is 258 g/mol. The number of carbonyl (C=O) groups excluding carboxylic acids is 1. The standard InChI is InChI=1S/C14H25NO3Si/c1-7-8-9-13(14(16)15(2)3)18-12-17-10-11-19(4,5)6/h1,9H,8,10-12H2,2-6H3/b13-9+. The summed E-state index contributed by atoms with van der Waals surface area (Å²) >= 11 is 0. The highest BCUT2D eigenvalue weighted by Crippen LogP contribution is 2.08. The van der Waals surface area contributed by atoms with E-state index in [4.69, 9.17) is 15.9 Å². The van der Waals surface area contributed by atoms with E-state index in [9.17, 15) is 4.79 Å². The van der Waals surface area contributed by atoms with Crippen molar-refractivity contribution < 1.29 is 14.3 Å². The molecule has 1 amide bonds. The molecule has 0 fully saturated rings. The van der Waals surface area contributed by atoms with Crippen molar-refractivity contribution in [1.29, 1.82) is 0 Å². The Bertz CT molecular complexity index is 351. The zero-order chi connectivity index (χ0) is 14.9. The quantitative estimate of drug-likeness (QED) is 0.171. The van der Waals surface area contributed by atoms with Crippen molar-refractivity contribution in [2.24, 2.45) is 0 Å². The molecule has 0 aromatic heterocycles. The minimum atomic E-state index is -1.09. The van der Waals surface area contributed by atoms with Gasteiger partial charge in [0.25, 0.3) is 5.91 Å². The van der Waals surface area contributed by atoms with Gasteiger partial charge in [0.1, 0.15) is 0 Å². The first-order valence-electron chi connectivity index (χ1n) is 6.34. The molecule has 0 saturated carbocycles. The summed E-state index contributed by atoms with van der Waals surface area (Å²) in [5.74, 6) is 2.49. The lowest BCUT2D eigenvalue weighted by Crippen LogP contribution is -2.26. The van der Waals surface area contributed by atoms with Gasteiger partial charge in [-0.1, -0.05) is 19.6 Å². The minimum Gasteiger partial charge on any atom is -0.462 e. The maximum absolute atomic E-state index is 11.8. The van der Waals surface area contributed by atoms with Crippen molar-refractivity contribution in [3.8, 4) is 12.3 Å². The molecule has 0 aromatic carbocycles. The number of amides is 1. The second kappa shape index (κ2) is 8.78. The summed E-state index contributed by atoms with van der Waals surface area (Å²) in [6, 6.07) is 1.07. The van der Waals surface area contributed by atoms with E-state index in [1.54, 1.807) is 20.2 Å². The Balaban J connectivity index is 4.16. The predicted molar refractivity (Wildman–Crippen MR) is 80.3 cm³/mol. The first kappa shape index (κ1) is 17.7. The minimum absolute atomic E-state index is 0.0838. The second-order valence-corrected chi connectivity index (χ2v) is 11.3. The lowest BCUT2D eigenvalue weighted by Gasteiger charge is -2.17. The van der Waals surface area contributed by atoms with Gasteiger partial charge in [-0.2, -0.15) is 0 Å². The molecule has 0 aliphatic heterocycles. The number of carbonyl (C=O) groups is 1. The highest BCUT2D eigenvalue weighted by molar-refractivity contribution is 6.76. The average molecular weight is 283 g/mol. The summed E-state index contributed by atoms with van der Waals surface area (Å²) in [4.78, 5) is 13.2. The van der Waals surface area contributed by atoms with Crippen molar-refractivity contribution in [3.63, 3.8) is 0 Å². The van der Waals surface area contributed by atoms with Crippen molar-refractivity contribution in [2.75, 3.05) is 27.5 Å². The molecule has 0 radical (unpaired) electrons. The van der Waals surface area contributed by atoms with Gasteiger partial charge in [-0.05, 0) is 12.1 Å². The number of hydrogen-bond donors (Lipinski definition) is 0. The van der Waals surface area contributed by atoms with Crippen LogP contribution in [0, 0.1) is 12.3 Å². The Morgan fingerprint density at radius 1 is 1.37 bits per heavy atom. The van der Waals surface area contributed by atoms with Crippen LogP contribution in [0.25, 0.3) is 0 Å². The number of rotatable bonds is 8. The third-order valence-corrected chi connectivity index (χ3v) is 4.02. The van der Waals surface area contributed by atoms with E-state index in [2.05, 4.69) is 25.6 Å². The van der Waals surface area contributed by atoms with E-state index in [0.717, 1.165) is 6.04 Å². The van der Waals surface area contributed by atoms with Gasteiger partial charge in [0, 0.05) is 35.2 Å². The fraction of sp³-hybridized carbons (Fsp3) is 0.643. The van der Waals surface area contributed by atoms with E-state index in [1.807, 2.05) is 0 Å². The van der Waals surface area contributed by atoms with Gasteiger partial charge in [0.2, 0.25) is 0 Å². The molecule has 0 saturated heterocycles. The molecular formula is C14H25NO3Si. The summed E-state index contributed by atoms with van der Waals surface area (Å²) < 4.78 is 10.7. The van der Waals surface area contributed by atoms with Crippen LogP contribution in [-0.2, 0) is 14.3 Å². The van der Waals surface area contributed by atoms with E-state index in [0.29, 0.717) is 13.0 Å². The van der Waals surface area contributed by atoms with Crippen molar-refractivity contribution in [2.45, 2.75) is 32.1 Å². The smallest absolute Gasteiger partial charge is 0.288 e. The third-order valence-electron chi connectivity index (χ3n) is 2.32. The Kier molecular flexibility index (Phi) is 8.20. The third kappa shape index (κ3) is 9.34. The lowest BCUT2D eigenvalue weighted by molar-refractivity contribution is -0.131. The van der Waals surface area contributed by atoms with Gasteiger partial charge in [0.05, 0.1) is 0 Å². The maximum atomic E-state index is 11.8. The molecule has 0 bridgehead atoms. The van der Waals surface area contributed by atoms with Crippen LogP contribution >= 0.6 is 0 Å². The molecule has 0 atom stereocenters. The van der Waals surface area contributed by atoms with Crippen LogP contribution < -0.4 is 0 Å². The van der Waals surface area contributed by atoms with Gasteiger partial charge in [-0.3, -0.25) is 4.79 Å². The monoisotopic (exact) mass is 283 g/mol. The van der Waals surface area contributed by atoms with Gasteiger partial charge < -0.3 is 14.4 Å². The van der Waals surface area contributed by atoms with Crippen LogP contribution in [-0.4, -0.2) is 46.4 Å². The van der Waals surface area contributed by atoms with Crippen LogP contribution in [0.4, 0.5) is 0 Å². The molecule has 0 aromatic rings. The number of hydrogen-bond acceptors (Lipinski definition) is 3. The van der Waals surface area contributed by atoms with E-state index in [-0.39, 0.29) is 18.5 Å². The van der Waals surface area contributed by atoms with Crippen LogP contribution in [0.5, 0.6) is 0 Å². The highest BCUT2D eigenvalue weighted by atomic mass is 28.3. The van der Waals surface area contributed by atoms with Gasteiger partial charge >= 0.3 is 0 Å². The predicted octanol–water partition coefficient (Wildman–Crippen LogP) is 2.31. The molecule has 0 heterocycles. The fourth-order valence-corrected chi connectivity index (χ4v) is 1.88. The highest BCUT2D eigenvalue weighted by Gasteiger charge is 2.14. The van der Waals surface area contributed by atoms with Crippen molar-refractivity contribution >= 4 is 14.0 Å². The summed E-state index contributed by atoms with van der Waals surface area (Å²) in [6.07, 6.45) is 7.14. The van der Waals surface area contributed by atoms with Gasteiger partial charge in [0.15, 0.2) is 12.6 Å². The summed E-state index contributed by atoms with van der Waals surface area (Å²) in [6.45, 7) is 7.59. The molecule has 0 aliphatic carbocycles. The Labute approximate surface area is 117 Å². The van der Waals surface area contributed by atoms with Crippen LogP contribution in [0.3, 0.4) is 0 Å². The maximum Gasteiger partial charge on any atom is 0.288 e. The number of ether oxygens (including phenoxy) is 2. The van der Waals surface area contributed by atoms with Crippen molar-refractivity contribution in [3.05, 3.63) is 11.8 Å². The molecule has 19 heavy (non-hydrogen) atoms. The normalized spacial score (nSPS) is 11.9. The molecule has 4 nitrogen and oxygen atoms in total. The Morgan fingerprint density at radius 2 is 2.00 bits per heavy atom. The lowest BCUT2D eigenvalue weighted by atomic mass is 10.3. The average Bonchev–Trinajstić information content (AvgIpc) is 2.30. The fourth-order valence-electron chi connectivity index (χ4n) is 1.12. The number of terminal acetylenes is 1. The zero-order valence-corrected chi connectivity index (χ0v) is 13.7. The van der Waals surface area contributed by atoms with Gasteiger partial charge in [-0.15, -0.1) is 12.3 Å². The number of likely N-dealkylation sites (N-methyl/N-ethyl adjacent to an activating group) is 1. The van der Waals surface area contributed by atoms with Crippen LogP contribution in [0.2, 0.25) is 25.7 Å². The van der Waals surface area contributed by atoms with Crippen LogP contribution in [0.15, 0.2) is 11.8 Å². The summed E-state index contributed by atoms with van der Waals surface area (Å²) in [5.41, 5.74) is 0. The Hall–Kier alpha value is -1.25. The topological polar surface area (TPSA) is 38.8 Å². The first-order chi connectivity index (χ1) is 8.78. The number of allylic oxidation sites excluding steroid dienone is 1. The second-order valence-electron chi connectivity index (χ2n) is 5.66. The van der Waals surface area contributed by atoms with E-state index < -0.39 is 8.07 Å². The molecule has 0 unspecified atom stereocenters. The largest absolute Gasteiger partial charge is 0.462 e. The summed E-state index contributed by atoms with van der Waals surface area (Å²) in [5, 5.41) is 0.